The van der Waals surface area contributed by atoms with E-state index in [9.17, 15) is 0 Å². The molecule has 96 valence electrons. The van der Waals surface area contributed by atoms with Crippen molar-refractivity contribution in [2.75, 3.05) is 39.5 Å². The number of hydrogen-bond donors (Lipinski definition) is 1. The van der Waals surface area contributed by atoms with Crippen LogP contribution in [0.2, 0.25) is 0 Å². The van der Waals surface area contributed by atoms with Crippen molar-refractivity contribution in [3.8, 4) is 0 Å². The monoisotopic (exact) mass is 229 g/mol. The minimum atomic E-state index is 0.836. The topological polar surface area (TPSA) is 30.5 Å². The molecule has 1 aliphatic rings. The average Bonchev–Trinajstić information content (AvgIpc) is 3.10. The number of ether oxygens (including phenoxy) is 2. The van der Waals surface area contributed by atoms with Crippen molar-refractivity contribution in [1.29, 1.82) is 0 Å². The van der Waals surface area contributed by atoms with Crippen molar-refractivity contribution in [2.24, 2.45) is 5.92 Å². The highest BCUT2D eigenvalue weighted by Gasteiger charge is 2.20. The zero-order valence-electron chi connectivity index (χ0n) is 10.7. The van der Waals surface area contributed by atoms with E-state index in [1.807, 2.05) is 0 Å². The van der Waals surface area contributed by atoms with Crippen LogP contribution in [-0.2, 0) is 9.47 Å². The van der Waals surface area contributed by atoms with Crippen LogP contribution in [0.1, 0.15) is 39.0 Å². The highest BCUT2D eigenvalue weighted by atomic mass is 16.5. The van der Waals surface area contributed by atoms with Gasteiger partial charge in [0.15, 0.2) is 0 Å². The first-order valence-corrected chi connectivity index (χ1v) is 6.79. The van der Waals surface area contributed by atoms with E-state index < -0.39 is 0 Å². The molecule has 3 nitrogen and oxygen atoms in total. The highest BCUT2D eigenvalue weighted by Crippen LogP contribution is 2.28. The van der Waals surface area contributed by atoms with E-state index in [0.717, 1.165) is 51.9 Å². The summed E-state index contributed by atoms with van der Waals surface area (Å²) in [5, 5.41) is 3.36. The minimum Gasteiger partial charge on any atom is -0.381 e. The summed E-state index contributed by atoms with van der Waals surface area (Å²) in [6.45, 7) is 7.82. The van der Waals surface area contributed by atoms with Crippen LogP contribution in [0.5, 0.6) is 0 Å². The van der Waals surface area contributed by atoms with Gasteiger partial charge >= 0.3 is 0 Å². The molecule has 0 radical (unpaired) electrons. The molecule has 1 fully saturated rings. The quantitative estimate of drug-likeness (QED) is 0.520. The second kappa shape index (κ2) is 10.1. The second-order valence-corrected chi connectivity index (χ2v) is 4.59. The molecule has 1 aliphatic carbocycles. The largest absolute Gasteiger partial charge is 0.381 e. The molecular formula is C13H27NO2. The molecule has 1 N–H and O–H groups in total. The number of nitrogens with one attached hydrogen (secondary N) is 1. The molecule has 3 heteroatoms. The van der Waals surface area contributed by atoms with Gasteiger partial charge in [-0.1, -0.05) is 13.3 Å². The van der Waals surface area contributed by atoms with Gasteiger partial charge in [0.05, 0.1) is 6.61 Å². The molecule has 1 rings (SSSR count). The Kier molecular flexibility index (Phi) is 8.77. The van der Waals surface area contributed by atoms with Crippen LogP contribution in [0.3, 0.4) is 0 Å². The van der Waals surface area contributed by atoms with Crippen LogP contribution < -0.4 is 5.32 Å². The highest BCUT2D eigenvalue weighted by molar-refractivity contribution is 4.71. The van der Waals surface area contributed by atoms with Gasteiger partial charge < -0.3 is 14.8 Å². The van der Waals surface area contributed by atoms with Gasteiger partial charge in [-0.05, 0) is 38.1 Å². The lowest BCUT2D eigenvalue weighted by Crippen LogP contribution is -2.22. The van der Waals surface area contributed by atoms with Crippen LogP contribution in [0.25, 0.3) is 0 Å². The summed E-state index contributed by atoms with van der Waals surface area (Å²) in [6, 6.07) is 0. The molecular weight excluding hydrogens is 202 g/mol. The predicted molar refractivity (Wildman–Crippen MR) is 66.8 cm³/mol. The van der Waals surface area contributed by atoms with Gasteiger partial charge in [0, 0.05) is 26.4 Å². The van der Waals surface area contributed by atoms with Gasteiger partial charge in [0.1, 0.15) is 0 Å². The van der Waals surface area contributed by atoms with Crippen LogP contribution in [-0.4, -0.2) is 39.5 Å². The molecule has 0 aromatic carbocycles. The summed E-state index contributed by atoms with van der Waals surface area (Å²) in [7, 11) is 0. The first-order chi connectivity index (χ1) is 7.93. The summed E-state index contributed by atoms with van der Waals surface area (Å²) >= 11 is 0. The van der Waals surface area contributed by atoms with Crippen molar-refractivity contribution in [3.05, 3.63) is 0 Å². The lowest BCUT2D eigenvalue weighted by atomic mass is 10.4. The second-order valence-electron chi connectivity index (χ2n) is 4.59. The Balaban J connectivity index is 1.61. The maximum Gasteiger partial charge on any atom is 0.0590 e. The van der Waals surface area contributed by atoms with Gasteiger partial charge in [0.25, 0.3) is 0 Å². The summed E-state index contributed by atoms with van der Waals surface area (Å²) in [5.41, 5.74) is 0. The van der Waals surface area contributed by atoms with Crippen LogP contribution in [0.15, 0.2) is 0 Å². The Morgan fingerprint density at radius 2 is 1.81 bits per heavy atom. The SMILES string of the molecule is CCCCOCCNCCCOCC1CC1. The fourth-order valence-electron chi connectivity index (χ4n) is 1.45. The van der Waals surface area contributed by atoms with Gasteiger partial charge in [-0.15, -0.1) is 0 Å². The molecule has 0 amide bonds. The third-order valence-corrected chi connectivity index (χ3v) is 2.76. The maximum absolute atomic E-state index is 5.55. The Morgan fingerprint density at radius 3 is 2.56 bits per heavy atom. The summed E-state index contributed by atoms with van der Waals surface area (Å²) in [6.07, 6.45) is 6.27. The molecule has 0 unspecified atom stereocenters. The van der Waals surface area contributed by atoms with E-state index in [2.05, 4.69) is 12.2 Å². The van der Waals surface area contributed by atoms with Crippen molar-refractivity contribution < 1.29 is 9.47 Å². The van der Waals surface area contributed by atoms with Crippen molar-refractivity contribution in [2.45, 2.75) is 39.0 Å². The first kappa shape index (κ1) is 13.9. The van der Waals surface area contributed by atoms with Gasteiger partial charge in [0.2, 0.25) is 0 Å². The van der Waals surface area contributed by atoms with E-state index >= 15 is 0 Å². The van der Waals surface area contributed by atoms with E-state index in [-0.39, 0.29) is 0 Å². The van der Waals surface area contributed by atoms with Crippen LogP contribution in [0, 0.1) is 5.92 Å². The van der Waals surface area contributed by atoms with E-state index in [1.165, 1.54) is 25.7 Å². The summed E-state index contributed by atoms with van der Waals surface area (Å²) in [4.78, 5) is 0. The first-order valence-electron chi connectivity index (χ1n) is 6.79. The van der Waals surface area contributed by atoms with Crippen molar-refractivity contribution in [3.63, 3.8) is 0 Å². The smallest absolute Gasteiger partial charge is 0.0590 e. The molecule has 0 saturated heterocycles. The van der Waals surface area contributed by atoms with Crippen molar-refractivity contribution >= 4 is 0 Å². The van der Waals surface area contributed by atoms with Gasteiger partial charge in [-0.2, -0.15) is 0 Å². The standard InChI is InChI=1S/C13H27NO2/c1-2-3-9-15-11-8-14-7-4-10-16-12-13-5-6-13/h13-14H,2-12H2,1H3. The molecule has 0 bridgehead atoms. The predicted octanol–water partition coefficient (Wildman–Crippen LogP) is 2.21. The lowest BCUT2D eigenvalue weighted by molar-refractivity contribution is 0.118. The number of hydrogen-bond acceptors (Lipinski definition) is 3. The third kappa shape index (κ3) is 9.13. The molecule has 0 aromatic heterocycles. The van der Waals surface area contributed by atoms with Gasteiger partial charge in [-0.25, -0.2) is 0 Å². The Bertz CT molecular complexity index is 149. The molecule has 1 saturated carbocycles. The zero-order chi connectivity index (χ0) is 11.5. The number of rotatable bonds is 12. The molecule has 0 aliphatic heterocycles. The van der Waals surface area contributed by atoms with E-state index in [4.69, 9.17) is 9.47 Å². The van der Waals surface area contributed by atoms with Crippen LogP contribution >= 0.6 is 0 Å². The fourth-order valence-corrected chi connectivity index (χ4v) is 1.45. The Hall–Kier alpha value is -0.120. The maximum atomic E-state index is 5.55. The zero-order valence-corrected chi connectivity index (χ0v) is 10.7. The lowest BCUT2D eigenvalue weighted by Gasteiger charge is -2.06. The molecule has 0 aromatic rings. The normalized spacial score (nSPS) is 15.6. The molecule has 0 atom stereocenters. The number of unbranched alkanes of at least 4 members (excludes halogenated alkanes) is 1. The summed E-state index contributed by atoms with van der Waals surface area (Å²) in [5.74, 6) is 0.889. The minimum absolute atomic E-state index is 0.836. The third-order valence-electron chi connectivity index (χ3n) is 2.76. The van der Waals surface area contributed by atoms with Crippen molar-refractivity contribution in [1.82, 2.24) is 5.32 Å². The average molecular weight is 229 g/mol. The van der Waals surface area contributed by atoms with E-state index in [1.54, 1.807) is 0 Å². The Morgan fingerprint density at radius 1 is 1.00 bits per heavy atom. The molecule has 16 heavy (non-hydrogen) atoms. The molecule has 0 heterocycles. The summed E-state index contributed by atoms with van der Waals surface area (Å²) < 4.78 is 11.0. The molecule has 0 spiro atoms. The fraction of sp³-hybridized carbons (Fsp3) is 1.00. The van der Waals surface area contributed by atoms with Crippen LogP contribution in [0.4, 0.5) is 0 Å². The van der Waals surface area contributed by atoms with Gasteiger partial charge in [-0.3, -0.25) is 0 Å². The Labute approximate surface area is 99.9 Å². The van der Waals surface area contributed by atoms with E-state index in [0.29, 0.717) is 0 Å².